The molecule has 0 aliphatic carbocycles. The second kappa shape index (κ2) is 8.38. The highest BCUT2D eigenvalue weighted by molar-refractivity contribution is 5.92. The zero-order valence-electron chi connectivity index (χ0n) is 12.9. The molecule has 0 spiro atoms. The van der Waals surface area contributed by atoms with Crippen LogP contribution >= 0.6 is 0 Å². The van der Waals surface area contributed by atoms with Crippen molar-refractivity contribution in [2.75, 3.05) is 32.1 Å². The normalized spacial score (nSPS) is 17.6. The average Bonchev–Trinajstić information content (AvgIpc) is 2.57. The Labute approximate surface area is 130 Å². The molecule has 2 rings (SSSR count). The number of ether oxygens (including phenoxy) is 1. The van der Waals surface area contributed by atoms with Crippen molar-refractivity contribution in [3.8, 4) is 5.75 Å². The van der Waals surface area contributed by atoms with Crippen LogP contribution in [0.2, 0.25) is 0 Å². The van der Waals surface area contributed by atoms with E-state index < -0.39 is 0 Å². The van der Waals surface area contributed by atoms with Crippen LogP contribution in [0.3, 0.4) is 0 Å². The molecule has 1 aromatic carbocycles. The highest BCUT2D eigenvalue weighted by Gasteiger charge is 2.20. The van der Waals surface area contributed by atoms with Crippen LogP contribution in [0, 0.1) is 5.92 Å². The summed E-state index contributed by atoms with van der Waals surface area (Å²) in [6, 6.07) is 7.20. The monoisotopic (exact) mass is 305 g/mol. The number of amides is 2. The van der Waals surface area contributed by atoms with Crippen molar-refractivity contribution < 1.29 is 14.3 Å². The summed E-state index contributed by atoms with van der Waals surface area (Å²) in [5, 5.41) is 8.70. The van der Waals surface area contributed by atoms with Crippen LogP contribution < -0.4 is 20.7 Å². The molecule has 1 aromatic rings. The third kappa shape index (κ3) is 5.04. The van der Waals surface area contributed by atoms with E-state index in [1.165, 1.54) is 0 Å². The van der Waals surface area contributed by atoms with E-state index in [-0.39, 0.29) is 17.7 Å². The van der Waals surface area contributed by atoms with Gasteiger partial charge in [-0.05, 0) is 43.7 Å². The maximum absolute atomic E-state index is 12.1. The number of carbonyl (C=O) groups is 2. The fourth-order valence-corrected chi connectivity index (χ4v) is 2.34. The minimum absolute atomic E-state index is 0.0391. The molecule has 0 saturated carbocycles. The molecule has 1 fully saturated rings. The SMILES string of the molecule is CNC(=O)CCOc1ccc(NC(=O)C2CCCNC2)cc1. The van der Waals surface area contributed by atoms with Gasteiger partial charge in [0.2, 0.25) is 11.8 Å². The molecule has 0 bridgehead atoms. The van der Waals surface area contributed by atoms with Crippen molar-refractivity contribution in [3.63, 3.8) is 0 Å². The Morgan fingerprint density at radius 2 is 2.09 bits per heavy atom. The fraction of sp³-hybridized carbons (Fsp3) is 0.500. The quantitative estimate of drug-likeness (QED) is 0.736. The van der Waals surface area contributed by atoms with Gasteiger partial charge in [-0.2, -0.15) is 0 Å². The Hall–Kier alpha value is -2.08. The molecule has 3 N–H and O–H groups in total. The van der Waals surface area contributed by atoms with Gasteiger partial charge in [0.1, 0.15) is 5.75 Å². The van der Waals surface area contributed by atoms with E-state index in [2.05, 4.69) is 16.0 Å². The van der Waals surface area contributed by atoms with Crippen molar-refractivity contribution >= 4 is 17.5 Å². The van der Waals surface area contributed by atoms with Crippen molar-refractivity contribution in [3.05, 3.63) is 24.3 Å². The van der Waals surface area contributed by atoms with E-state index >= 15 is 0 Å². The molecule has 2 amide bonds. The molecule has 6 heteroatoms. The van der Waals surface area contributed by atoms with Crippen LogP contribution in [0.1, 0.15) is 19.3 Å². The number of carbonyl (C=O) groups excluding carboxylic acids is 2. The molecule has 6 nitrogen and oxygen atoms in total. The first kappa shape index (κ1) is 16.3. The third-order valence-corrected chi connectivity index (χ3v) is 3.67. The van der Waals surface area contributed by atoms with Crippen LogP contribution in [0.25, 0.3) is 0 Å². The van der Waals surface area contributed by atoms with Gasteiger partial charge in [-0.15, -0.1) is 0 Å². The standard InChI is InChI=1S/C16H23N3O3/c1-17-15(20)8-10-22-14-6-4-13(5-7-14)19-16(21)12-3-2-9-18-11-12/h4-7,12,18H,2-3,8-11H2,1H3,(H,17,20)(H,19,21). The summed E-state index contributed by atoms with van der Waals surface area (Å²) in [5.41, 5.74) is 0.759. The Morgan fingerprint density at radius 3 is 2.73 bits per heavy atom. The van der Waals surface area contributed by atoms with Crippen molar-refractivity contribution in [2.24, 2.45) is 5.92 Å². The van der Waals surface area contributed by atoms with Crippen molar-refractivity contribution in [1.82, 2.24) is 10.6 Å². The van der Waals surface area contributed by atoms with Crippen LogP contribution in [0.4, 0.5) is 5.69 Å². The summed E-state index contributed by atoms with van der Waals surface area (Å²) in [5.74, 6) is 0.726. The lowest BCUT2D eigenvalue weighted by Crippen LogP contribution is -2.37. The zero-order chi connectivity index (χ0) is 15.8. The smallest absolute Gasteiger partial charge is 0.228 e. The van der Waals surface area contributed by atoms with Gasteiger partial charge >= 0.3 is 0 Å². The number of rotatable bonds is 6. The van der Waals surface area contributed by atoms with Gasteiger partial charge in [0.05, 0.1) is 18.9 Å². The number of benzene rings is 1. The summed E-state index contributed by atoms with van der Waals surface area (Å²) >= 11 is 0. The average molecular weight is 305 g/mol. The lowest BCUT2D eigenvalue weighted by Gasteiger charge is -2.21. The third-order valence-electron chi connectivity index (χ3n) is 3.67. The minimum atomic E-state index is -0.0509. The number of nitrogens with one attached hydrogen (secondary N) is 3. The molecule has 1 unspecified atom stereocenters. The highest BCUT2D eigenvalue weighted by Crippen LogP contribution is 2.18. The predicted octanol–water partition coefficient (Wildman–Crippen LogP) is 1.14. The molecule has 0 radical (unpaired) electrons. The summed E-state index contributed by atoms with van der Waals surface area (Å²) in [4.78, 5) is 23.2. The maximum Gasteiger partial charge on any atom is 0.228 e. The molecule has 1 saturated heterocycles. The van der Waals surface area contributed by atoms with Gasteiger partial charge in [-0.1, -0.05) is 0 Å². The molecule has 120 valence electrons. The van der Waals surface area contributed by atoms with E-state index in [1.54, 1.807) is 19.2 Å². The highest BCUT2D eigenvalue weighted by atomic mass is 16.5. The Kier molecular flexibility index (Phi) is 6.21. The van der Waals surface area contributed by atoms with Gasteiger partial charge in [0.25, 0.3) is 0 Å². The van der Waals surface area contributed by atoms with Gasteiger partial charge in [-0.3, -0.25) is 9.59 Å². The number of hydrogen-bond donors (Lipinski definition) is 3. The Morgan fingerprint density at radius 1 is 1.32 bits per heavy atom. The molecule has 1 aliphatic heterocycles. The van der Waals surface area contributed by atoms with E-state index in [0.29, 0.717) is 18.8 Å². The van der Waals surface area contributed by atoms with Gasteiger partial charge < -0.3 is 20.7 Å². The second-order valence-corrected chi connectivity index (χ2v) is 5.33. The van der Waals surface area contributed by atoms with Crippen LogP contribution in [-0.2, 0) is 9.59 Å². The van der Waals surface area contributed by atoms with E-state index in [4.69, 9.17) is 4.74 Å². The van der Waals surface area contributed by atoms with Gasteiger partial charge in [0.15, 0.2) is 0 Å². The predicted molar refractivity (Wildman–Crippen MR) is 84.8 cm³/mol. The molecular weight excluding hydrogens is 282 g/mol. The Bertz CT molecular complexity index is 496. The van der Waals surface area contributed by atoms with E-state index in [1.807, 2.05) is 12.1 Å². The van der Waals surface area contributed by atoms with Crippen molar-refractivity contribution in [1.29, 1.82) is 0 Å². The topological polar surface area (TPSA) is 79.5 Å². The summed E-state index contributed by atoms with van der Waals surface area (Å²) < 4.78 is 5.47. The molecule has 1 atom stereocenters. The summed E-state index contributed by atoms with van der Waals surface area (Å²) in [6.45, 7) is 2.07. The molecule has 1 aliphatic rings. The Balaban J connectivity index is 1.78. The van der Waals surface area contributed by atoms with E-state index in [9.17, 15) is 9.59 Å². The number of hydrogen-bond acceptors (Lipinski definition) is 4. The number of anilines is 1. The maximum atomic E-state index is 12.1. The first-order valence-corrected chi connectivity index (χ1v) is 7.64. The lowest BCUT2D eigenvalue weighted by atomic mass is 9.99. The lowest BCUT2D eigenvalue weighted by molar-refractivity contribution is -0.121. The second-order valence-electron chi connectivity index (χ2n) is 5.33. The van der Waals surface area contributed by atoms with Crippen LogP contribution in [-0.4, -0.2) is 38.6 Å². The van der Waals surface area contributed by atoms with Crippen LogP contribution in [0.15, 0.2) is 24.3 Å². The first-order chi connectivity index (χ1) is 10.7. The summed E-state index contributed by atoms with van der Waals surface area (Å²) in [7, 11) is 1.60. The van der Waals surface area contributed by atoms with E-state index in [0.717, 1.165) is 31.6 Å². The molecule has 22 heavy (non-hydrogen) atoms. The first-order valence-electron chi connectivity index (χ1n) is 7.64. The minimum Gasteiger partial charge on any atom is -0.493 e. The van der Waals surface area contributed by atoms with Gasteiger partial charge in [0, 0.05) is 19.3 Å². The largest absolute Gasteiger partial charge is 0.493 e. The molecule has 0 aromatic heterocycles. The van der Waals surface area contributed by atoms with Gasteiger partial charge in [-0.25, -0.2) is 0 Å². The van der Waals surface area contributed by atoms with Crippen molar-refractivity contribution in [2.45, 2.75) is 19.3 Å². The zero-order valence-corrected chi connectivity index (χ0v) is 12.9. The van der Waals surface area contributed by atoms with Crippen LogP contribution in [0.5, 0.6) is 5.75 Å². The fourth-order valence-electron chi connectivity index (χ4n) is 2.34. The summed E-state index contributed by atoms with van der Waals surface area (Å²) in [6.07, 6.45) is 2.29. The number of piperidine rings is 1. The molecule has 1 heterocycles. The molecular formula is C16H23N3O3.